The van der Waals surface area contributed by atoms with Gasteiger partial charge in [-0.25, -0.2) is 4.99 Å². The molecular weight excluding hydrogens is 268 g/mol. The number of hydrogen-bond acceptors (Lipinski definition) is 5. The van der Waals surface area contributed by atoms with Crippen LogP contribution in [-0.4, -0.2) is 11.1 Å². The standard InChI is InChI=1S/C15H12N4S/c16-14-17-13(10-6-2-1-3-7-10)19-11-8-4-5-9-12(11)20-15(19)18-14/h1-9,13H,(H2,16,17). The molecule has 2 N–H and O–H groups in total. The lowest BCUT2D eigenvalue weighted by Gasteiger charge is -2.29. The zero-order valence-corrected chi connectivity index (χ0v) is 11.4. The third-order valence-corrected chi connectivity index (χ3v) is 4.37. The number of para-hydroxylation sites is 1. The molecule has 1 unspecified atom stereocenters. The summed E-state index contributed by atoms with van der Waals surface area (Å²) in [7, 11) is 0. The lowest BCUT2D eigenvalue weighted by Crippen LogP contribution is -2.35. The van der Waals surface area contributed by atoms with Crippen LogP contribution in [0.5, 0.6) is 0 Å². The second-order valence-corrected chi connectivity index (χ2v) is 5.61. The predicted octanol–water partition coefficient (Wildman–Crippen LogP) is 2.98. The summed E-state index contributed by atoms with van der Waals surface area (Å²) < 4.78 is 0. The van der Waals surface area contributed by atoms with Crippen LogP contribution in [-0.2, 0) is 0 Å². The van der Waals surface area contributed by atoms with Crippen LogP contribution in [0.25, 0.3) is 0 Å². The Morgan fingerprint density at radius 1 is 1.00 bits per heavy atom. The first-order chi connectivity index (χ1) is 9.83. The van der Waals surface area contributed by atoms with E-state index in [9.17, 15) is 0 Å². The Hall–Kier alpha value is -2.27. The van der Waals surface area contributed by atoms with E-state index >= 15 is 0 Å². The molecule has 0 saturated heterocycles. The van der Waals surface area contributed by atoms with E-state index < -0.39 is 0 Å². The third kappa shape index (κ3) is 1.71. The number of hydrogen-bond donors (Lipinski definition) is 1. The van der Waals surface area contributed by atoms with Gasteiger partial charge in [0.15, 0.2) is 11.3 Å². The second-order valence-electron chi connectivity index (χ2n) is 4.61. The summed E-state index contributed by atoms with van der Waals surface area (Å²) in [4.78, 5) is 12.2. The topological polar surface area (TPSA) is 54.0 Å². The number of fused-ring (bicyclic) bond motifs is 3. The van der Waals surface area contributed by atoms with Crippen molar-refractivity contribution in [2.45, 2.75) is 11.1 Å². The van der Waals surface area contributed by atoms with Gasteiger partial charge in [0.2, 0.25) is 5.96 Å². The van der Waals surface area contributed by atoms with Crippen molar-refractivity contribution in [2.75, 3.05) is 4.90 Å². The molecule has 0 fully saturated rings. The molecule has 4 rings (SSSR count). The summed E-state index contributed by atoms with van der Waals surface area (Å²) in [5.74, 6) is 0.338. The Morgan fingerprint density at radius 3 is 2.60 bits per heavy atom. The molecule has 0 bridgehead atoms. The zero-order valence-electron chi connectivity index (χ0n) is 10.6. The summed E-state index contributed by atoms with van der Waals surface area (Å²) >= 11 is 1.64. The highest BCUT2D eigenvalue weighted by Crippen LogP contribution is 2.46. The molecule has 0 aliphatic carbocycles. The molecule has 4 nitrogen and oxygen atoms in total. The first-order valence-corrected chi connectivity index (χ1v) is 7.17. The van der Waals surface area contributed by atoms with Crippen molar-refractivity contribution in [1.82, 2.24) is 0 Å². The molecule has 2 aromatic carbocycles. The van der Waals surface area contributed by atoms with Crippen molar-refractivity contribution in [2.24, 2.45) is 15.7 Å². The number of nitrogens with two attached hydrogens (primary N) is 1. The minimum absolute atomic E-state index is 0.139. The van der Waals surface area contributed by atoms with Gasteiger partial charge in [0, 0.05) is 4.90 Å². The quantitative estimate of drug-likeness (QED) is 0.873. The van der Waals surface area contributed by atoms with Crippen molar-refractivity contribution >= 4 is 28.6 Å². The SMILES string of the molecule is NC1=NC(c2ccccc2)N2C(=N1)Sc1ccccc12. The molecule has 2 aromatic rings. The summed E-state index contributed by atoms with van der Waals surface area (Å²) in [5.41, 5.74) is 8.13. The maximum Gasteiger partial charge on any atom is 0.220 e. The monoisotopic (exact) mass is 280 g/mol. The lowest BCUT2D eigenvalue weighted by atomic mass is 10.1. The second kappa shape index (κ2) is 4.38. The summed E-state index contributed by atoms with van der Waals surface area (Å²) in [6.45, 7) is 0. The fourth-order valence-corrected chi connectivity index (χ4v) is 3.51. The Bertz CT molecular complexity index is 724. The molecule has 0 saturated carbocycles. The molecule has 98 valence electrons. The van der Waals surface area contributed by atoms with Gasteiger partial charge in [0.25, 0.3) is 0 Å². The first-order valence-electron chi connectivity index (χ1n) is 6.36. The molecule has 2 heterocycles. The minimum atomic E-state index is -0.139. The molecule has 0 amide bonds. The van der Waals surface area contributed by atoms with Crippen molar-refractivity contribution in [3.05, 3.63) is 60.2 Å². The van der Waals surface area contributed by atoms with Gasteiger partial charge in [-0.1, -0.05) is 42.5 Å². The van der Waals surface area contributed by atoms with E-state index in [1.165, 1.54) is 4.90 Å². The first kappa shape index (κ1) is 11.5. The number of aliphatic imine (C=N–C) groups is 2. The average Bonchev–Trinajstić information content (AvgIpc) is 2.85. The van der Waals surface area contributed by atoms with Crippen LogP contribution in [0.15, 0.2) is 69.5 Å². The Balaban J connectivity index is 1.86. The van der Waals surface area contributed by atoms with Crippen LogP contribution in [0, 0.1) is 0 Å². The number of guanidine groups is 1. The van der Waals surface area contributed by atoms with E-state index in [0.717, 1.165) is 16.4 Å². The number of benzene rings is 2. The molecule has 0 spiro atoms. The molecular formula is C15H12N4S. The van der Waals surface area contributed by atoms with Crippen molar-refractivity contribution in [3.63, 3.8) is 0 Å². The van der Waals surface area contributed by atoms with Crippen molar-refractivity contribution < 1.29 is 0 Å². The fourth-order valence-electron chi connectivity index (χ4n) is 2.46. The predicted molar refractivity (Wildman–Crippen MR) is 83.0 cm³/mol. The third-order valence-electron chi connectivity index (χ3n) is 3.34. The van der Waals surface area contributed by atoms with Gasteiger partial charge in [-0.05, 0) is 29.5 Å². The highest BCUT2D eigenvalue weighted by atomic mass is 32.2. The molecule has 0 aromatic heterocycles. The molecule has 0 radical (unpaired) electrons. The van der Waals surface area contributed by atoms with Gasteiger partial charge in [-0.15, -0.1) is 0 Å². The maximum absolute atomic E-state index is 5.88. The summed E-state index contributed by atoms with van der Waals surface area (Å²) in [6.07, 6.45) is -0.139. The van der Waals surface area contributed by atoms with Crippen LogP contribution >= 0.6 is 11.8 Å². The molecule has 2 aliphatic rings. The van der Waals surface area contributed by atoms with Gasteiger partial charge in [-0.3, -0.25) is 4.90 Å². The number of rotatable bonds is 1. The van der Waals surface area contributed by atoms with Crippen LogP contribution in [0.2, 0.25) is 0 Å². The van der Waals surface area contributed by atoms with Gasteiger partial charge < -0.3 is 5.73 Å². The number of anilines is 1. The number of amidine groups is 1. The maximum atomic E-state index is 5.88. The summed E-state index contributed by atoms with van der Waals surface area (Å²) in [5, 5.41) is 0.896. The number of nitrogens with zero attached hydrogens (tertiary/aromatic N) is 3. The normalized spacial score (nSPS) is 20.0. The van der Waals surface area contributed by atoms with E-state index in [1.54, 1.807) is 11.8 Å². The van der Waals surface area contributed by atoms with Crippen LogP contribution in [0.1, 0.15) is 11.7 Å². The molecule has 5 heteroatoms. The van der Waals surface area contributed by atoms with Crippen LogP contribution < -0.4 is 10.6 Å². The smallest absolute Gasteiger partial charge is 0.220 e. The van der Waals surface area contributed by atoms with E-state index in [4.69, 9.17) is 5.73 Å². The average molecular weight is 280 g/mol. The zero-order chi connectivity index (χ0) is 13.5. The van der Waals surface area contributed by atoms with Crippen molar-refractivity contribution in [3.8, 4) is 0 Å². The van der Waals surface area contributed by atoms with E-state index in [-0.39, 0.29) is 6.17 Å². The largest absolute Gasteiger partial charge is 0.368 e. The van der Waals surface area contributed by atoms with E-state index in [2.05, 4.69) is 39.2 Å². The lowest BCUT2D eigenvalue weighted by molar-refractivity contribution is 0.745. The van der Waals surface area contributed by atoms with E-state index in [1.807, 2.05) is 30.3 Å². The van der Waals surface area contributed by atoms with Gasteiger partial charge in [0.05, 0.1) is 5.69 Å². The Labute approximate surface area is 121 Å². The Morgan fingerprint density at radius 2 is 1.75 bits per heavy atom. The number of thioether (sulfide) groups is 1. The van der Waals surface area contributed by atoms with Crippen LogP contribution in [0.3, 0.4) is 0 Å². The van der Waals surface area contributed by atoms with Gasteiger partial charge in [0.1, 0.15) is 0 Å². The highest BCUT2D eigenvalue weighted by molar-refractivity contribution is 8.14. The fraction of sp³-hybridized carbons (Fsp3) is 0.0667. The molecule has 1 atom stereocenters. The van der Waals surface area contributed by atoms with E-state index in [0.29, 0.717) is 5.96 Å². The van der Waals surface area contributed by atoms with Gasteiger partial charge >= 0.3 is 0 Å². The van der Waals surface area contributed by atoms with Crippen molar-refractivity contribution in [1.29, 1.82) is 0 Å². The molecule has 20 heavy (non-hydrogen) atoms. The summed E-state index contributed by atoms with van der Waals surface area (Å²) in [6, 6.07) is 18.4. The Kier molecular flexibility index (Phi) is 2.53. The van der Waals surface area contributed by atoms with Gasteiger partial charge in [-0.2, -0.15) is 4.99 Å². The molecule has 2 aliphatic heterocycles. The minimum Gasteiger partial charge on any atom is -0.368 e. The highest BCUT2D eigenvalue weighted by Gasteiger charge is 2.35. The van der Waals surface area contributed by atoms with Crippen LogP contribution in [0.4, 0.5) is 5.69 Å².